The van der Waals surface area contributed by atoms with E-state index in [-0.39, 0.29) is 5.91 Å². The van der Waals surface area contributed by atoms with Crippen LogP contribution in [0.2, 0.25) is 0 Å². The van der Waals surface area contributed by atoms with Gasteiger partial charge in [-0.1, -0.05) is 18.2 Å². The largest absolute Gasteiger partial charge is 0.359 e. The van der Waals surface area contributed by atoms with Crippen LogP contribution in [0.3, 0.4) is 0 Å². The zero-order chi connectivity index (χ0) is 15.0. The quantitative estimate of drug-likeness (QED) is 0.902. The molecule has 1 aromatic carbocycles. The van der Waals surface area contributed by atoms with E-state index >= 15 is 0 Å². The monoisotopic (exact) mass is 323 g/mol. The molecule has 0 spiro atoms. The van der Waals surface area contributed by atoms with Gasteiger partial charge >= 0.3 is 0 Å². The fourth-order valence-corrected chi connectivity index (χ4v) is 3.48. The Kier molecular flexibility index (Phi) is 3.44. The van der Waals surface area contributed by atoms with Crippen LogP contribution in [0.15, 0.2) is 41.8 Å². The number of thiophene rings is 1. The number of para-hydroxylation sites is 1. The van der Waals surface area contributed by atoms with E-state index in [1.165, 1.54) is 11.3 Å². The second-order valence-corrected chi connectivity index (χ2v) is 7.35. The van der Waals surface area contributed by atoms with Gasteiger partial charge in [-0.25, -0.2) is 13.4 Å². The summed E-state index contributed by atoms with van der Waals surface area (Å²) in [6.07, 6.45) is 0.453. The summed E-state index contributed by atoms with van der Waals surface area (Å²) in [4.78, 5) is 15.7. The summed E-state index contributed by atoms with van der Waals surface area (Å²) in [7, 11) is -3.56. The molecule has 0 saturated heterocycles. The molecular weight excluding hydrogens is 310 g/mol. The maximum atomic E-state index is 12.6. The van der Waals surface area contributed by atoms with Gasteiger partial charge in [-0.2, -0.15) is 0 Å². The Morgan fingerprint density at radius 2 is 2.00 bits per heavy atom. The number of hydrogen-bond donors (Lipinski definition) is 2. The minimum absolute atomic E-state index is 0.381. The highest BCUT2D eigenvalue weighted by Gasteiger charge is 2.35. The van der Waals surface area contributed by atoms with Gasteiger partial charge < -0.3 is 5.32 Å². The van der Waals surface area contributed by atoms with E-state index in [2.05, 4.69) is 10.1 Å². The van der Waals surface area contributed by atoms with Crippen LogP contribution in [0.5, 0.6) is 0 Å². The van der Waals surface area contributed by atoms with Crippen molar-refractivity contribution in [1.29, 1.82) is 0 Å². The van der Waals surface area contributed by atoms with Gasteiger partial charge in [-0.3, -0.25) is 4.79 Å². The number of carbonyl (C=O) groups is 1. The third-order valence-corrected chi connectivity index (χ3v) is 4.46. The van der Waals surface area contributed by atoms with Crippen molar-refractivity contribution >= 4 is 33.0 Å². The van der Waals surface area contributed by atoms with E-state index in [0.29, 0.717) is 11.3 Å². The number of rotatable bonds is 3. The van der Waals surface area contributed by atoms with E-state index in [1.54, 1.807) is 18.2 Å². The van der Waals surface area contributed by atoms with E-state index in [9.17, 15) is 13.2 Å². The Morgan fingerprint density at radius 1 is 1.24 bits per heavy atom. The molecule has 2 N–H and O–H groups in total. The fraction of sp³-hybridized carbons (Fsp3) is 0.154. The van der Waals surface area contributed by atoms with E-state index in [1.807, 2.05) is 23.6 Å². The number of sulfonamides is 1. The average molecular weight is 323 g/mol. The number of anilines is 1. The minimum atomic E-state index is -3.56. The van der Waals surface area contributed by atoms with Gasteiger partial charge in [-0.15, -0.1) is 16.2 Å². The molecule has 0 unspecified atom stereocenters. The predicted molar refractivity (Wildman–Crippen MR) is 81.3 cm³/mol. The van der Waals surface area contributed by atoms with Crippen LogP contribution in [0.1, 0.15) is 21.4 Å². The Balaban J connectivity index is 2.07. The van der Waals surface area contributed by atoms with Crippen molar-refractivity contribution in [3.8, 4) is 0 Å². The number of hydrazine groups is 1. The van der Waals surface area contributed by atoms with Crippen LogP contribution < -0.4 is 10.1 Å². The van der Waals surface area contributed by atoms with Crippen LogP contribution in [0, 0.1) is 0 Å². The highest BCUT2D eigenvalue weighted by molar-refractivity contribution is 7.88. The third-order valence-electron chi connectivity index (χ3n) is 3.00. The molecule has 0 saturated carbocycles. The Labute approximate surface area is 126 Å². The first-order valence-corrected chi connectivity index (χ1v) is 8.93. The summed E-state index contributed by atoms with van der Waals surface area (Å²) in [5, 5.41) is 6.18. The van der Waals surface area contributed by atoms with Crippen LogP contribution >= 0.6 is 11.3 Å². The lowest BCUT2D eigenvalue weighted by atomic mass is 10.1. The molecule has 0 fully saturated rings. The number of nitrogens with one attached hydrogen (secondary N) is 2. The highest BCUT2D eigenvalue weighted by Crippen LogP contribution is 2.33. The molecule has 1 atom stereocenters. The zero-order valence-corrected chi connectivity index (χ0v) is 12.7. The Hall–Kier alpha value is -1.90. The van der Waals surface area contributed by atoms with Crippen molar-refractivity contribution in [2.24, 2.45) is 0 Å². The molecule has 0 radical (unpaired) electrons. The average Bonchev–Trinajstić information content (AvgIpc) is 2.94. The number of carbonyl (C=O) groups excluding carboxylic acids is 1. The number of fused-ring (bicyclic) bond motifs is 1. The summed E-state index contributed by atoms with van der Waals surface area (Å²) >= 11 is 1.44. The predicted octanol–water partition coefficient (Wildman–Crippen LogP) is 1.78. The molecule has 0 bridgehead atoms. The van der Waals surface area contributed by atoms with Gasteiger partial charge in [-0.05, 0) is 23.6 Å². The molecule has 1 aliphatic heterocycles. The van der Waals surface area contributed by atoms with Crippen molar-refractivity contribution in [3.63, 3.8) is 0 Å². The molecule has 1 aliphatic rings. The molecule has 6 nitrogen and oxygen atoms in total. The lowest BCUT2D eigenvalue weighted by molar-refractivity contribution is 0.0637. The highest BCUT2D eigenvalue weighted by atomic mass is 32.2. The van der Waals surface area contributed by atoms with Crippen molar-refractivity contribution in [2.45, 2.75) is 6.17 Å². The lowest BCUT2D eigenvalue weighted by Crippen LogP contribution is -2.52. The van der Waals surface area contributed by atoms with E-state index in [0.717, 1.165) is 16.1 Å². The SMILES string of the molecule is CS(=O)(=O)NN1C(=O)c2ccccc2N[C@H]1c1cccs1. The molecule has 21 heavy (non-hydrogen) atoms. The second kappa shape index (κ2) is 5.14. The van der Waals surface area contributed by atoms with Gasteiger partial charge in [0, 0.05) is 10.6 Å². The molecule has 1 amide bonds. The summed E-state index contributed by atoms with van der Waals surface area (Å²) in [5.74, 6) is -0.381. The molecule has 8 heteroatoms. The second-order valence-electron chi connectivity index (χ2n) is 4.65. The zero-order valence-electron chi connectivity index (χ0n) is 11.1. The van der Waals surface area contributed by atoms with Crippen LogP contribution in [0.25, 0.3) is 0 Å². The van der Waals surface area contributed by atoms with Crippen molar-refractivity contribution in [3.05, 3.63) is 52.2 Å². The molecule has 2 aromatic rings. The van der Waals surface area contributed by atoms with E-state index in [4.69, 9.17) is 0 Å². The molecule has 1 aromatic heterocycles. The topological polar surface area (TPSA) is 78.5 Å². The smallest absolute Gasteiger partial charge is 0.273 e. The number of hydrogen-bond acceptors (Lipinski definition) is 5. The first-order valence-electron chi connectivity index (χ1n) is 6.16. The Morgan fingerprint density at radius 3 is 2.67 bits per heavy atom. The first-order chi connectivity index (χ1) is 9.96. The maximum absolute atomic E-state index is 12.6. The fourth-order valence-electron chi connectivity index (χ4n) is 2.17. The molecule has 110 valence electrons. The molecule has 2 heterocycles. The normalized spacial score (nSPS) is 18.2. The van der Waals surface area contributed by atoms with Crippen LogP contribution in [0.4, 0.5) is 5.69 Å². The van der Waals surface area contributed by atoms with Gasteiger partial charge in [0.25, 0.3) is 5.91 Å². The number of benzene rings is 1. The van der Waals surface area contributed by atoms with E-state index < -0.39 is 16.2 Å². The van der Waals surface area contributed by atoms with Crippen LogP contribution in [-0.4, -0.2) is 25.6 Å². The third kappa shape index (κ3) is 2.78. The summed E-state index contributed by atoms with van der Waals surface area (Å²) in [5.41, 5.74) is 1.12. The molecular formula is C13H13N3O3S2. The maximum Gasteiger partial charge on any atom is 0.273 e. The van der Waals surface area contributed by atoms with Crippen molar-refractivity contribution in [1.82, 2.24) is 9.84 Å². The van der Waals surface area contributed by atoms with Gasteiger partial charge in [0.15, 0.2) is 6.17 Å². The van der Waals surface area contributed by atoms with Crippen LogP contribution in [-0.2, 0) is 10.0 Å². The van der Waals surface area contributed by atoms with Gasteiger partial charge in [0.1, 0.15) is 0 Å². The summed E-state index contributed by atoms with van der Waals surface area (Å²) < 4.78 is 23.1. The number of nitrogens with zero attached hydrogens (tertiary/aromatic N) is 1. The van der Waals surface area contributed by atoms with Gasteiger partial charge in [0.2, 0.25) is 10.0 Å². The van der Waals surface area contributed by atoms with Crippen molar-refractivity contribution in [2.75, 3.05) is 11.6 Å². The standard InChI is InChI=1S/C13H13N3O3S2/c1-21(18,19)15-16-12(11-7-4-8-20-11)14-10-6-3-2-5-9(10)13(16)17/h2-8,12,14-15H,1H3/t12-/m1/s1. The first kappa shape index (κ1) is 14.1. The Bertz CT molecular complexity index is 772. The van der Waals surface area contributed by atoms with Crippen molar-refractivity contribution < 1.29 is 13.2 Å². The lowest BCUT2D eigenvalue weighted by Gasteiger charge is -2.36. The summed E-state index contributed by atoms with van der Waals surface area (Å²) in [6.45, 7) is 0. The number of amides is 1. The minimum Gasteiger partial charge on any atom is -0.359 e. The molecule has 3 rings (SSSR count). The summed E-state index contributed by atoms with van der Waals surface area (Å²) in [6, 6.07) is 10.7. The molecule has 0 aliphatic carbocycles. The van der Waals surface area contributed by atoms with Gasteiger partial charge in [0.05, 0.1) is 11.8 Å².